The molecule has 1 heterocycles. The van der Waals surface area contributed by atoms with E-state index < -0.39 is 18.0 Å². The number of hydrogen-bond acceptors (Lipinski definition) is 3. The SMILES string of the molecule is C=C(Cl)CNC(=O)N1CCOCC1C(=O)O. The molecule has 0 bridgehead atoms. The second-order valence-electron chi connectivity index (χ2n) is 3.30. The first-order valence-corrected chi connectivity index (χ1v) is 5.08. The van der Waals surface area contributed by atoms with Crippen molar-refractivity contribution in [2.45, 2.75) is 6.04 Å². The van der Waals surface area contributed by atoms with Gasteiger partial charge in [-0.2, -0.15) is 0 Å². The van der Waals surface area contributed by atoms with Crippen molar-refractivity contribution in [3.8, 4) is 0 Å². The molecule has 1 aliphatic heterocycles. The molecule has 6 nitrogen and oxygen atoms in total. The van der Waals surface area contributed by atoms with Crippen molar-refractivity contribution in [2.24, 2.45) is 0 Å². The highest BCUT2D eigenvalue weighted by Crippen LogP contribution is 2.07. The van der Waals surface area contributed by atoms with E-state index in [9.17, 15) is 9.59 Å². The van der Waals surface area contributed by atoms with Crippen LogP contribution < -0.4 is 5.32 Å². The van der Waals surface area contributed by atoms with E-state index in [1.54, 1.807) is 0 Å². The number of halogens is 1. The fourth-order valence-corrected chi connectivity index (χ4v) is 1.39. The highest BCUT2D eigenvalue weighted by molar-refractivity contribution is 6.29. The lowest BCUT2D eigenvalue weighted by atomic mass is 10.2. The lowest BCUT2D eigenvalue weighted by Gasteiger charge is -2.32. The van der Waals surface area contributed by atoms with Crippen molar-refractivity contribution in [3.05, 3.63) is 11.6 Å². The third-order valence-electron chi connectivity index (χ3n) is 2.11. The van der Waals surface area contributed by atoms with Crippen LogP contribution in [-0.2, 0) is 9.53 Å². The molecule has 2 amide bonds. The standard InChI is InChI=1S/C9H13ClN2O4/c1-6(10)4-11-9(15)12-2-3-16-5-7(12)8(13)14/h7H,1-5H2,(H,11,15)(H,13,14). The van der Waals surface area contributed by atoms with Gasteiger partial charge in [0.15, 0.2) is 6.04 Å². The van der Waals surface area contributed by atoms with Gasteiger partial charge in [0.1, 0.15) is 0 Å². The Morgan fingerprint density at radius 1 is 1.62 bits per heavy atom. The first-order chi connectivity index (χ1) is 7.52. The van der Waals surface area contributed by atoms with Crippen LogP contribution in [0.2, 0.25) is 0 Å². The molecular formula is C9H13ClN2O4. The summed E-state index contributed by atoms with van der Waals surface area (Å²) in [5.74, 6) is -1.08. The number of carboxylic acid groups (broad SMARTS) is 1. The molecule has 0 aromatic rings. The van der Waals surface area contributed by atoms with Gasteiger partial charge in [-0.25, -0.2) is 9.59 Å². The maximum atomic E-state index is 11.6. The molecule has 1 rings (SSSR count). The minimum atomic E-state index is -1.08. The lowest BCUT2D eigenvalue weighted by Crippen LogP contribution is -2.55. The Hall–Kier alpha value is -1.27. The summed E-state index contributed by atoms with van der Waals surface area (Å²) in [6, 6.07) is -1.42. The predicted molar refractivity (Wildman–Crippen MR) is 57.3 cm³/mol. The van der Waals surface area contributed by atoms with Gasteiger partial charge in [-0.3, -0.25) is 0 Å². The van der Waals surface area contributed by atoms with Gasteiger partial charge in [-0.15, -0.1) is 0 Å². The second-order valence-corrected chi connectivity index (χ2v) is 3.83. The largest absolute Gasteiger partial charge is 0.480 e. The van der Waals surface area contributed by atoms with E-state index in [-0.39, 0.29) is 24.7 Å². The van der Waals surface area contributed by atoms with Crippen molar-refractivity contribution in [2.75, 3.05) is 26.3 Å². The predicted octanol–water partition coefficient (Wildman–Crippen LogP) is 0.234. The third kappa shape index (κ3) is 3.39. The van der Waals surface area contributed by atoms with Crippen LogP contribution in [0.3, 0.4) is 0 Å². The summed E-state index contributed by atoms with van der Waals surface area (Å²) in [6.07, 6.45) is 0. The number of ether oxygens (including phenoxy) is 1. The van der Waals surface area contributed by atoms with Gasteiger partial charge in [0.25, 0.3) is 0 Å². The fourth-order valence-electron chi connectivity index (χ4n) is 1.32. The summed E-state index contributed by atoms with van der Waals surface area (Å²) in [5, 5.41) is 11.6. The van der Waals surface area contributed by atoms with Crippen LogP contribution in [0.5, 0.6) is 0 Å². The molecule has 1 aliphatic rings. The number of morpholine rings is 1. The minimum Gasteiger partial charge on any atom is -0.480 e. The van der Waals surface area contributed by atoms with E-state index in [0.29, 0.717) is 6.61 Å². The number of urea groups is 1. The van der Waals surface area contributed by atoms with Crippen LogP contribution in [0, 0.1) is 0 Å². The zero-order chi connectivity index (χ0) is 12.1. The van der Waals surface area contributed by atoms with Gasteiger partial charge >= 0.3 is 12.0 Å². The Bertz CT molecular complexity index is 308. The molecule has 16 heavy (non-hydrogen) atoms. The van der Waals surface area contributed by atoms with Gasteiger partial charge in [0.05, 0.1) is 19.8 Å². The number of nitrogens with zero attached hydrogens (tertiary/aromatic N) is 1. The summed E-state index contributed by atoms with van der Waals surface area (Å²) < 4.78 is 5.00. The molecule has 0 aromatic heterocycles. The zero-order valence-corrected chi connectivity index (χ0v) is 9.37. The van der Waals surface area contributed by atoms with E-state index in [1.807, 2.05) is 0 Å². The number of nitrogens with one attached hydrogen (secondary N) is 1. The molecule has 0 aliphatic carbocycles. The third-order valence-corrected chi connectivity index (χ3v) is 2.24. The fraction of sp³-hybridized carbons (Fsp3) is 0.556. The first kappa shape index (κ1) is 12.8. The highest BCUT2D eigenvalue weighted by Gasteiger charge is 2.32. The Balaban J connectivity index is 2.57. The summed E-state index contributed by atoms with van der Waals surface area (Å²) in [7, 11) is 0. The molecule has 0 spiro atoms. The second kappa shape index (κ2) is 5.72. The van der Waals surface area contributed by atoms with Crippen molar-refractivity contribution in [1.29, 1.82) is 0 Å². The molecule has 1 atom stereocenters. The maximum absolute atomic E-state index is 11.6. The Labute approximate surface area is 97.8 Å². The molecular weight excluding hydrogens is 236 g/mol. The topological polar surface area (TPSA) is 78.9 Å². The lowest BCUT2D eigenvalue weighted by molar-refractivity contribution is -0.147. The molecule has 0 radical (unpaired) electrons. The molecule has 1 fully saturated rings. The zero-order valence-electron chi connectivity index (χ0n) is 8.61. The van der Waals surface area contributed by atoms with Gasteiger partial charge in [-0.05, 0) is 0 Å². The monoisotopic (exact) mass is 248 g/mol. The first-order valence-electron chi connectivity index (χ1n) is 4.70. The van der Waals surface area contributed by atoms with Crippen molar-refractivity contribution >= 4 is 23.6 Å². The van der Waals surface area contributed by atoms with E-state index in [4.69, 9.17) is 21.4 Å². The van der Waals surface area contributed by atoms with Gasteiger partial charge in [-0.1, -0.05) is 18.2 Å². The Kier molecular flexibility index (Phi) is 4.57. The average Bonchev–Trinajstić information content (AvgIpc) is 2.25. The summed E-state index contributed by atoms with van der Waals surface area (Å²) in [6.45, 7) is 4.12. The number of hydrogen-bond donors (Lipinski definition) is 2. The van der Waals surface area contributed by atoms with Crippen LogP contribution in [0.15, 0.2) is 11.6 Å². The van der Waals surface area contributed by atoms with Gasteiger partial charge in [0.2, 0.25) is 0 Å². The van der Waals surface area contributed by atoms with Crippen LogP contribution in [0.4, 0.5) is 4.79 Å². The molecule has 90 valence electrons. The van der Waals surface area contributed by atoms with Crippen molar-refractivity contribution in [1.82, 2.24) is 10.2 Å². The minimum absolute atomic E-state index is 0.00454. The highest BCUT2D eigenvalue weighted by atomic mass is 35.5. The van der Waals surface area contributed by atoms with E-state index >= 15 is 0 Å². The number of amides is 2. The van der Waals surface area contributed by atoms with Crippen LogP contribution in [0.25, 0.3) is 0 Å². The quantitative estimate of drug-likeness (QED) is 0.750. The van der Waals surface area contributed by atoms with Crippen LogP contribution in [-0.4, -0.2) is 54.4 Å². The Morgan fingerprint density at radius 2 is 2.31 bits per heavy atom. The summed E-state index contributed by atoms with van der Waals surface area (Å²) >= 11 is 5.49. The normalized spacial score (nSPS) is 20.3. The molecule has 1 saturated heterocycles. The van der Waals surface area contributed by atoms with Gasteiger partial charge < -0.3 is 20.1 Å². The molecule has 2 N–H and O–H groups in total. The molecule has 7 heteroatoms. The van der Waals surface area contributed by atoms with Crippen molar-refractivity contribution in [3.63, 3.8) is 0 Å². The smallest absolute Gasteiger partial charge is 0.328 e. The number of aliphatic carboxylic acids is 1. The van der Waals surface area contributed by atoms with E-state index in [0.717, 1.165) is 0 Å². The number of carbonyl (C=O) groups is 2. The maximum Gasteiger partial charge on any atom is 0.328 e. The molecule has 0 saturated carbocycles. The van der Waals surface area contributed by atoms with Gasteiger partial charge in [0, 0.05) is 11.6 Å². The van der Waals surface area contributed by atoms with E-state index in [1.165, 1.54) is 4.90 Å². The number of rotatable bonds is 3. The van der Waals surface area contributed by atoms with E-state index in [2.05, 4.69) is 11.9 Å². The average molecular weight is 249 g/mol. The molecule has 1 unspecified atom stereocenters. The summed E-state index contributed by atoms with van der Waals surface area (Å²) in [4.78, 5) is 23.7. The molecule has 0 aromatic carbocycles. The van der Waals surface area contributed by atoms with Crippen molar-refractivity contribution < 1.29 is 19.4 Å². The number of carbonyl (C=O) groups excluding carboxylic acids is 1. The Morgan fingerprint density at radius 3 is 2.88 bits per heavy atom. The van der Waals surface area contributed by atoms with Crippen LogP contribution in [0.1, 0.15) is 0 Å². The van der Waals surface area contributed by atoms with Crippen LogP contribution >= 0.6 is 11.6 Å². The summed E-state index contributed by atoms with van der Waals surface area (Å²) in [5.41, 5.74) is 0. The number of carboxylic acids is 1.